The molecule has 322 valence electrons. The Labute approximate surface area is 361 Å². The normalized spacial score (nSPS) is 14.9. The van der Waals surface area contributed by atoms with Gasteiger partial charge in [-0.25, -0.2) is 9.97 Å². The fourth-order valence-electron chi connectivity index (χ4n) is 7.34. The Morgan fingerprint density at radius 1 is 0.984 bits per heavy atom. The lowest BCUT2D eigenvalue weighted by atomic mass is 9.85. The monoisotopic (exact) mass is 848 g/mol. The summed E-state index contributed by atoms with van der Waals surface area (Å²) in [7, 11) is 1.53. The van der Waals surface area contributed by atoms with E-state index in [0.29, 0.717) is 61.0 Å². The number of amides is 4. The van der Waals surface area contributed by atoms with Gasteiger partial charge >= 0.3 is 0 Å². The van der Waals surface area contributed by atoms with Crippen LogP contribution in [0.15, 0.2) is 78.4 Å². The van der Waals surface area contributed by atoms with Crippen LogP contribution in [0.1, 0.15) is 100 Å². The number of benzene rings is 2. The third-order valence-electron chi connectivity index (χ3n) is 10.8. The van der Waals surface area contributed by atoms with E-state index in [-0.39, 0.29) is 41.8 Å². The molecule has 14 nitrogen and oxygen atoms in total. The summed E-state index contributed by atoms with van der Waals surface area (Å²) >= 11 is 1.60. The number of aromatic nitrogens is 4. The summed E-state index contributed by atoms with van der Waals surface area (Å²) < 4.78 is 11.5. The Balaban J connectivity index is 0.917. The Bertz CT molecular complexity index is 2270. The quantitative estimate of drug-likeness (QED) is 0.0638. The molecule has 1 aliphatic rings. The Hall–Kier alpha value is -6.09. The minimum atomic E-state index is -0.769. The molecule has 4 amide bonds. The van der Waals surface area contributed by atoms with Crippen LogP contribution in [0.25, 0.3) is 21.8 Å². The van der Waals surface area contributed by atoms with Gasteiger partial charge in [-0.1, -0.05) is 63.9 Å². The van der Waals surface area contributed by atoms with E-state index in [1.54, 1.807) is 64.9 Å². The van der Waals surface area contributed by atoms with Crippen LogP contribution in [0.5, 0.6) is 11.5 Å². The number of nitrogens with zero attached hydrogens (tertiary/aromatic N) is 4. The molecule has 3 atom stereocenters. The maximum Gasteiger partial charge on any atom is 0.274 e. The number of hydrogen-bond acceptors (Lipinski definition) is 10. The van der Waals surface area contributed by atoms with Crippen LogP contribution in [0, 0.1) is 12.3 Å². The number of rotatable bonds is 18. The number of carbonyl (C=O) groups excluding carboxylic acids is 4. The van der Waals surface area contributed by atoms with Gasteiger partial charge in [0.1, 0.15) is 29.3 Å². The van der Waals surface area contributed by atoms with Gasteiger partial charge in [-0.3, -0.25) is 24.3 Å². The van der Waals surface area contributed by atoms with E-state index in [9.17, 15) is 19.2 Å². The number of aryl methyl sites for hydroxylation is 1. The summed E-state index contributed by atoms with van der Waals surface area (Å²) in [5.41, 5.74) is 6.38. The second-order valence-corrected chi connectivity index (χ2v) is 17.2. The van der Waals surface area contributed by atoms with E-state index >= 15 is 0 Å². The summed E-state index contributed by atoms with van der Waals surface area (Å²) in [6, 6.07) is 18.7. The number of aromatic amines is 1. The first kappa shape index (κ1) is 44.5. The number of methoxy groups -OCH3 is 1. The number of carbonyl (C=O) groups is 4. The van der Waals surface area contributed by atoms with E-state index in [4.69, 9.17) is 9.47 Å². The molecule has 0 spiro atoms. The lowest BCUT2D eigenvalue weighted by molar-refractivity contribution is -0.144. The minimum absolute atomic E-state index is 0.184. The van der Waals surface area contributed by atoms with Gasteiger partial charge in [-0.05, 0) is 86.4 Å². The molecule has 15 heteroatoms. The van der Waals surface area contributed by atoms with Gasteiger partial charge in [-0.15, -0.1) is 11.3 Å². The lowest BCUT2D eigenvalue weighted by Crippen LogP contribution is -2.57. The largest absolute Gasteiger partial charge is 0.494 e. The predicted molar refractivity (Wildman–Crippen MR) is 236 cm³/mol. The molecular formula is C46H56N8O6S. The van der Waals surface area contributed by atoms with Gasteiger partial charge in [0.2, 0.25) is 17.7 Å². The lowest BCUT2D eigenvalue weighted by Gasteiger charge is -2.35. The van der Waals surface area contributed by atoms with Crippen molar-refractivity contribution in [3.05, 3.63) is 95.4 Å². The molecule has 5 aromatic rings. The number of nitrogens with one attached hydrogen (secondary N) is 4. The fourth-order valence-corrected chi connectivity index (χ4v) is 8.15. The maximum atomic E-state index is 14.0. The first-order chi connectivity index (χ1) is 29.3. The summed E-state index contributed by atoms with van der Waals surface area (Å²) in [5.74, 6) is 0.0718. The van der Waals surface area contributed by atoms with Gasteiger partial charge < -0.3 is 30.3 Å². The van der Waals surface area contributed by atoms with Gasteiger partial charge in [-0.2, -0.15) is 5.10 Å². The van der Waals surface area contributed by atoms with Crippen LogP contribution >= 0.6 is 11.3 Å². The minimum Gasteiger partial charge on any atom is -0.494 e. The molecule has 4 heterocycles. The second-order valence-electron chi connectivity index (χ2n) is 16.4. The van der Waals surface area contributed by atoms with E-state index in [2.05, 4.69) is 36.1 Å². The van der Waals surface area contributed by atoms with Gasteiger partial charge in [0, 0.05) is 25.2 Å². The molecule has 3 aromatic heterocycles. The van der Waals surface area contributed by atoms with E-state index < -0.39 is 17.5 Å². The highest BCUT2D eigenvalue weighted by atomic mass is 32.1. The molecule has 0 saturated carbocycles. The number of likely N-dealkylation sites (tertiary alicyclic amines) is 1. The molecule has 2 aromatic carbocycles. The third kappa shape index (κ3) is 11.6. The van der Waals surface area contributed by atoms with Crippen LogP contribution in [-0.4, -0.2) is 81.0 Å². The summed E-state index contributed by atoms with van der Waals surface area (Å²) in [6.07, 6.45) is 6.30. The van der Waals surface area contributed by atoms with Crippen molar-refractivity contribution in [1.82, 2.24) is 35.7 Å². The molecule has 6 rings (SSSR count). The van der Waals surface area contributed by atoms with Gasteiger partial charge in [0.25, 0.3) is 5.91 Å². The van der Waals surface area contributed by atoms with E-state index in [0.717, 1.165) is 41.0 Å². The Morgan fingerprint density at radius 2 is 1.77 bits per heavy atom. The van der Waals surface area contributed by atoms with Crippen molar-refractivity contribution in [2.24, 2.45) is 5.41 Å². The summed E-state index contributed by atoms with van der Waals surface area (Å²) in [6.45, 7) is 10.7. The van der Waals surface area contributed by atoms with Gasteiger partial charge in [0.05, 0.1) is 52.9 Å². The SMILES string of the molecule is COc1cc(OCCCCCCC(=O)N[C@H](C(=O)N2CCC[C@H]2C(=O)N[C@@H](C)c2ccc(-c3scnc3C)cc2)C(C)(C)C)ccc1NC(=O)c1cccc(-c2ccn[nH]2)n1. The molecule has 0 bridgehead atoms. The average Bonchev–Trinajstić information content (AvgIpc) is 4.06. The number of H-pyrrole nitrogens is 1. The van der Waals surface area contributed by atoms with Crippen LogP contribution in [0.2, 0.25) is 0 Å². The first-order valence-electron chi connectivity index (χ1n) is 20.8. The zero-order chi connectivity index (χ0) is 43.5. The number of ether oxygens (including phenoxy) is 2. The standard InChI is InChI=1S/C46H56N8O6S/c1-29(31-17-19-32(20-18-31)41-30(2)47-28-61-41)49-44(57)38-15-12-25-54(38)45(58)42(46(3,4)5)52-40(55)16-9-7-8-10-26-60-33-21-22-36(39(27-33)59-6)51-43(56)37-14-11-13-34(50-37)35-23-24-48-53-35/h11,13-14,17-24,27-29,38,42H,7-10,12,15-16,25-26H2,1-6H3,(H,48,53)(H,49,57)(H,51,56)(H,52,55)/t29-,38-,42+/m0/s1. The van der Waals surface area contributed by atoms with Crippen molar-refractivity contribution in [3.8, 4) is 33.3 Å². The number of unbranched alkanes of at least 4 members (excludes halogenated alkanes) is 3. The number of hydrogen-bond donors (Lipinski definition) is 4. The van der Waals surface area contributed by atoms with Crippen molar-refractivity contribution in [1.29, 1.82) is 0 Å². The molecule has 4 N–H and O–H groups in total. The molecule has 0 unspecified atom stereocenters. The predicted octanol–water partition coefficient (Wildman–Crippen LogP) is 7.89. The van der Waals surface area contributed by atoms with Gasteiger partial charge in [0.15, 0.2) is 0 Å². The van der Waals surface area contributed by atoms with E-state index in [1.807, 2.05) is 64.4 Å². The van der Waals surface area contributed by atoms with Crippen molar-refractivity contribution in [3.63, 3.8) is 0 Å². The van der Waals surface area contributed by atoms with Crippen molar-refractivity contribution >= 4 is 40.7 Å². The highest BCUT2D eigenvalue weighted by molar-refractivity contribution is 7.13. The molecule has 0 aliphatic carbocycles. The Kier molecular flexibility index (Phi) is 14.9. The molecule has 61 heavy (non-hydrogen) atoms. The average molecular weight is 849 g/mol. The fraction of sp³-hybridized carbons (Fsp3) is 0.413. The highest BCUT2D eigenvalue weighted by Crippen LogP contribution is 2.31. The molecule has 1 saturated heterocycles. The molecular weight excluding hydrogens is 793 g/mol. The van der Waals surface area contributed by atoms with Crippen molar-refractivity contribution < 1.29 is 28.7 Å². The summed E-state index contributed by atoms with van der Waals surface area (Å²) in [5, 5.41) is 15.8. The first-order valence-corrected chi connectivity index (χ1v) is 21.7. The topological polar surface area (TPSA) is 181 Å². The number of anilines is 1. The van der Waals surface area contributed by atoms with E-state index in [1.165, 1.54) is 7.11 Å². The van der Waals surface area contributed by atoms with Crippen LogP contribution < -0.4 is 25.4 Å². The summed E-state index contributed by atoms with van der Waals surface area (Å²) in [4.78, 5) is 65.4. The zero-order valence-corrected chi connectivity index (χ0v) is 36.6. The van der Waals surface area contributed by atoms with Crippen molar-refractivity contribution in [2.75, 3.05) is 25.6 Å². The number of pyridine rings is 1. The van der Waals surface area contributed by atoms with Crippen molar-refractivity contribution in [2.45, 2.75) is 97.7 Å². The maximum absolute atomic E-state index is 14.0. The zero-order valence-electron chi connectivity index (χ0n) is 35.7. The van der Waals surface area contributed by atoms with Crippen LogP contribution in [0.3, 0.4) is 0 Å². The van der Waals surface area contributed by atoms with Crippen LogP contribution in [-0.2, 0) is 14.4 Å². The molecule has 0 radical (unpaired) electrons. The molecule has 1 aliphatic heterocycles. The smallest absolute Gasteiger partial charge is 0.274 e. The highest BCUT2D eigenvalue weighted by Gasteiger charge is 2.42. The van der Waals surface area contributed by atoms with Crippen LogP contribution in [0.4, 0.5) is 5.69 Å². The second kappa shape index (κ2) is 20.4. The third-order valence-corrected chi connectivity index (χ3v) is 11.8. The molecule has 1 fully saturated rings. The Morgan fingerprint density at radius 3 is 2.48 bits per heavy atom. The number of thiazole rings is 1.